The van der Waals surface area contributed by atoms with E-state index < -0.39 is 25.9 Å². The van der Waals surface area contributed by atoms with E-state index in [1.165, 1.54) is 0 Å². The molecular formula is C20H30NO8P. The van der Waals surface area contributed by atoms with Crippen molar-refractivity contribution in [2.24, 2.45) is 0 Å². The van der Waals surface area contributed by atoms with Crippen molar-refractivity contribution in [1.29, 1.82) is 0 Å². The molecule has 9 nitrogen and oxygen atoms in total. The van der Waals surface area contributed by atoms with Crippen LogP contribution in [0.1, 0.15) is 53.4 Å². The second-order valence-electron chi connectivity index (χ2n) is 7.24. The highest BCUT2D eigenvalue weighted by Crippen LogP contribution is 2.42. The number of carbonyl (C=O) groups excluding carboxylic acids is 2. The minimum Gasteiger partial charge on any atom is -0.462 e. The van der Waals surface area contributed by atoms with Gasteiger partial charge in [0.05, 0.1) is 19.3 Å². The maximum atomic E-state index is 12.4. The highest BCUT2D eigenvalue weighted by atomic mass is 31.2. The fourth-order valence-corrected chi connectivity index (χ4v) is 4.56. The van der Waals surface area contributed by atoms with Crippen LogP contribution in [-0.4, -0.2) is 52.0 Å². The third-order valence-corrected chi connectivity index (χ3v) is 5.60. The SMILES string of the molecule is CCOC(=O)C(C(=O)OCC)=C1C=C(C)N(C2CCC(OP(=O)(O)O)CC2)C(C)=C1. The number of ether oxygens (including phenoxy) is 2. The fraction of sp³-hybridized carbons (Fsp3) is 0.600. The highest BCUT2D eigenvalue weighted by Gasteiger charge is 2.33. The summed E-state index contributed by atoms with van der Waals surface area (Å²) in [6.07, 6.45) is 5.52. The molecule has 10 heteroatoms. The fourth-order valence-electron chi connectivity index (χ4n) is 3.96. The molecule has 0 amide bonds. The number of esters is 2. The molecule has 0 bridgehead atoms. The topological polar surface area (TPSA) is 123 Å². The molecule has 0 atom stereocenters. The van der Waals surface area contributed by atoms with Crippen molar-refractivity contribution in [2.75, 3.05) is 13.2 Å². The Morgan fingerprint density at radius 1 is 1.00 bits per heavy atom. The van der Waals surface area contributed by atoms with E-state index in [9.17, 15) is 14.2 Å². The molecule has 168 valence electrons. The van der Waals surface area contributed by atoms with Crippen molar-refractivity contribution in [3.8, 4) is 0 Å². The summed E-state index contributed by atoms with van der Waals surface area (Å²) in [6, 6.07) is 0.129. The van der Waals surface area contributed by atoms with Crippen LogP contribution < -0.4 is 0 Å². The average molecular weight is 443 g/mol. The van der Waals surface area contributed by atoms with Gasteiger partial charge in [0, 0.05) is 17.4 Å². The number of phosphoric acid groups is 1. The minimum absolute atomic E-state index is 0.129. The summed E-state index contributed by atoms with van der Waals surface area (Å²) in [5.74, 6) is -1.44. The Kier molecular flexibility index (Phi) is 8.43. The number of phosphoric ester groups is 1. The standard InChI is InChI=1S/C20H30NO8P/c1-5-27-19(22)18(20(23)28-6-2)15-11-13(3)21(14(4)12-15)16-7-9-17(10-8-16)29-30(24,25)26/h11-12,16-17H,5-10H2,1-4H3,(H2,24,25,26). The van der Waals surface area contributed by atoms with Crippen molar-refractivity contribution in [1.82, 2.24) is 4.90 Å². The first-order chi connectivity index (χ1) is 14.1. The predicted octanol–water partition coefficient (Wildman–Crippen LogP) is 2.95. The van der Waals surface area contributed by atoms with Crippen molar-refractivity contribution >= 4 is 19.8 Å². The van der Waals surface area contributed by atoms with Gasteiger partial charge in [-0.15, -0.1) is 0 Å². The first-order valence-electron chi connectivity index (χ1n) is 10.1. The van der Waals surface area contributed by atoms with Gasteiger partial charge in [0.15, 0.2) is 5.57 Å². The molecule has 1 fully saturated rings. The lowest BCUT2D eigenvalue weighted by Gasteiger charge is -2.40. The molecule has 0 spiro atoms. The monoisotopic (exact) mass is 443 g/mol. The molecule has 2 rings (SSSR count). The molecule has 30 heavy (non-hydrogen) atoms. The first-order valence-corrected chi connectivity index (χ1v) is 11.6. The minimum atomic E-state index is -4.49. The van der Waals surface area contributed by atoms with Crippen LogP contribution in [0.3, 0.4) is 0 Å². The lowest BCUT2D eigenvalue weighted by molar-refractivity contribution is -0.146. The second-order valence-corrected chi connectivity index (χ2v) is 8.43. The van der Waals surface area contributed by atoms with Gasteiger partial charge in [-0.25, -0.2) is 14.2 Å². The molecule has 1 aliphatic heterocycles. The van der Waals surface area contributed by atoms with Gasteiger partial charge in [0.2, 0.25) is 0 Å². The van der Waals surface area contributed by atoms with Crippen molar-refractivity contribution in [3.63, 3.8) is 0 Å². The summed E-state index contributed by atoms with van der Waals surface area (Å²) in [5, 5.41) is 0. The van der Waals surface area contributed by atoms with Crippen molar-refractivity contribution in [2.45, 2.75) is 65.5 Å². The van der Waals surface area contributed by atoms with Gasteiger partial charge in [-0.3, -0.25) is 4.52 Å². The zero-order valence-electron chi connectivity index (χ0n) is 17.8. The smallest absolute Gasteiger partial charge is 0.462 e. The third-order valence-electron chi connectivity index (χ3n) is 5.03. The molecular weight excluding hydrogens is 413 g/mol. The number of carbonyl (C=O) groups is 2. The highest BCUT2D eigenvalue weighted by molar-refractivity contribution is 7.46. The summed E-state index contributed by atoms with van der Waals surface area (Å²) in [7, 11) is -4.49. The van der Waals surface area contributed by atoms with Gasteiger partial charge in [0.25, 0.3) is 0 Å². The summed E-state index contributed by atoms with van der Waals surface area (Å²) >= 11 is 0. The number of allylic oxidation sites excluding steroid dienone is 5. The quantitative estimate of drug-likeness (QED) is 0.201. The molecule has 0 unspecified atom stereocenters. The van der Waals surface area contributed by atoms with Crippen LogP contribution in [0.15, 0.2) is 34.7 Å². The van der Waals surface area contributed by atoms with E-state index in [4.69, 9.17) is 23.8 Å². The van der Waals surface area contributed by atoms with Gasteiger partial charge in [0.1, 0.15) is 0 Å². The zero-order valence-corrected chi connectivity index (χ0v) is 18.7. The second kappa shape index (κ2) is 10.4. The Morgan fingerprint density at radius 3 is 1.87 bits per heavy atom. The first kappa shape index (κ1) is 24.3. The average Bonchev–Trinajstić information content (AvgIpc) is 2.62. The predicted molar refractivity (Wildman–Crippen MR) is 109 cm³/mol. The molecule has 0 saturated heterocycles. The molecule has 1 aliphatic carbocycles. The van der Waals surface area contributed by atoms with Crippen LogP contribution in [-0.2, 0) is 28.2 Å². The summed E-state index contributed by atoms with van der Waals surface area (Å²) in [6.45, 7) is 7.41. The largest absolute Gasteiger partial charge is 0.469 e. The van der Waals surface area contributed by atoms with Crippen LogP contribution in [0.2, 0.25) is 0 Å². The summed E-state index contributed by atoms with van der Waals surface area (Å²) in [4.78, 5) is 44.9. The lowest BCUT2D eigenvalue weighted by Crippen LogP contribution is -2.38. The Hall–Kier alpha value is -1.93. The molecule has 1 saturated carbocycles. The maximum Gasteiger partial charge on any atom is 0.469 e. The molecule has 0 radical (unpaired) electrons. The van der Waals surface area contributed by atoms with Gasteiger partial charge in [-0.1, -0.05) is 0 Å². The normalized spacial score (nSPS) is 22.2. The molecule has 2 N–H and O–H groups in total. The van der Waals surface area contributed by atoms with E-state index in [2.05, 4.69) is 4.90 Å². The number of nitrogens with zero attached hydrogens (tertiary/aromatic N) is 1. The Morgan fingerprint density at radius 2 is 1.47 bits per heavy atom. The van der Waals surface area contributed by atoms with Crippen LogP contribution in [0, 0.1) is 0 Å². The molecule has 0 aromatic rings. The molecule has 0 aromatic heterocycles. The van der Waals surface area contributed by atoms with E-state index in [0.29, 0.717) is 31.3 Å². The maximum absolute atomic E-state index is 12.4. The van der Waals surface area contributed by atoms with Crippen molar-refractivity contribution in [3.05, 3.63) is 34.7 Å². The van der Waals surface area contributed by atoms with E-state index in [1.54, 1.807) is 26.0 Å². The summed E-state index contributed by atoms with van der Waals surface area (Å²) < 4.78 is 26.0. The van der Waals surface area contributed by atoms with Crippen LogP contribution in [0.25, 0.3) is 0 Å². The lowest BCUT2D eigenvalue weighted by atomic mass is 9.90. The Balaban J connectivity index is 2.23. The Bertz CT molecular complexity index is 760. The van der Waals surface area contributed by atoms with Crippen LogP contribution in [0.5, 0.6) is 0 Å². The Labute approximate surface area is 176 Å². The van der Waals surface area contributed by atoms with E-state index in [-0.39, 0.29) is 24.8 Å². The van der Waals surface area contributed by atoms with E-state index in [1.807, 2.05) is 13.8 Å². The molecule has 1 heterocycles. The van der Waals surface area contributed by atoms with E-state index >= 15 is 0 Å². The molecule has 0 aromatic carbocycles. The van der Waals surface area contributed by atoms with Gasteiger partial charge < -0.3 is 24.2 Å². The molecule has 2 aliphatic rings. The zero-order chi connectivity index (χ0) is 22.5. The van der Waals surface area contributed by atoms with Crippen LogP contribution >= 0.6 is 7.82 Å². The number of hydrogen-bond donors (Lipinski definition) is 2. The number of rotatable bonds is 7. The van der Waals surface area contributed by atoms with E-state index in [0.717, 1.165) is 11.4 Å². The van der Waals surface area contributed by atoms with Gasteiger partial charge in [-0.05, 0) is 71.1 Å². The van der Waals surface area contributed by atoms with Gasteiger partial charge >= 0.3 is 19.8 Å². The van der Waals surface area contributed by atoms with Crippen molar-refractivity contribution < 1.29 is 37.9 Å². The van der Waals surface area contributed by atoms with Crippen LogP contribution in [0.4, 0.5) is 0 Å². The van der Waals surface area contributed by atoms with Gasteiger partial charge in [-0.2, -0.15) is 0 Å². The summed E-state index contributed by atoms with van der Waals surface area (Å²) in [5.41, 5.74) is 2.03. The number of hydrogen-bond acceptors (Lipinski definition) is 7. The third kappa shape index (κ3) is 6.28.